The van der Waals surface area contributed by atoms with Gasteiger partial charge in [0.1, 0.15) is 6.61 Å². The lowest BCUT2D eigenvalue weighted by Crippen LogP contribution is -2.49. The Bertz CT molecular complexity index is 798. The summed E-state index contributed by atoms with van der Waals surface area (Å²) in [4.78, 5) is 4.59. The fraction of sp³-hybridized carbons (Fsp3) is 0.455. The number of para-hydroxylation sites is 2. The number of β-amino-alcohol motifs (C(OH)–C–C–N with tert-alkyl or cyclic N) is 1. The van der Waals surface area contributed by atoms with E-state index in [1.165, 1.54) is 0 Å². The Balaban J connectivity index is 1.14. The van der Waals surface area contributed by atoms with Crippen LogP contribution in [0.4, 0.5) is 5.69 Å². The van der Waals surface area contributed by atoms with Crippen LogP contribution in [0.5, 0.6) is 11.5 Å². The number of hydrogen-bond donors (Lipinski definition) is 1. The first kappa shape index (κ1) is 20.3. The first-order valence-electron chi connectivity index (χ1n) is 10.0. The van der Waals surface area contributed by atoms with E-state index in [9.17, 15) is 5.11 Å². The molecular formula is C22H27ClN2O4. The molecule has 1 fully saturated rings. The van der Waals surface area contributed by atoms with E-state index < -0.39 is 6.10 Å². The van der Waals surface area contributed by atoms with Gasteiger partial charge >= 0.3 is 0 Å². The number of piperazine rings is 1. The SMILES string of the molecule is O[C@H](COC[C@H]1COc2ccccc2O1)CN1CCN(c2cccc(Cl)c2)CC1. The molecule has 0 saturated carbocycles. The van der Waals surface area contributed by atoms with E-state index in [4.69, 9.17) is 25.8 Å². The molecular weight excluding hydrogens is 392 g/mol. The predicted octanol–water partition coefficient (Wildman–Crippen LogP) is 2.68. The Hall–Kier alpha value is -1.99. The van der Waals surface area contributed by atoms with E-state index in [0.29, 0.717) is 19.8 Å². The van der Waals surface area contributed by atoms with Gasteiger partial charge < -0.3 is 24.2 Å². The van der Waals surface area contributed by atoms with Crippen LogP contribution in [0.15, 0.2) is 48.5 Å². The van der Waals surface area contributed by atoms with E-state index in [1.54, 1.807) is 0 Å². The van der Waals surface area contributed by atoms with Crippen LogP contribution >= 0.6 is 11.6 Å². The molecule has 0 unspecified atom stereocenters. The minimum absolute atomic E-state index is 0.154. The van der Waals surface area contributed by atoms with E-state index in [1.807, 2.05) is 42.5 Å². The lowest BCUT2D eigenvalue weighted by Gasteiger charge is -2.37. The van der Waals surface area contributed by atoms with Gasteiger partial charge in [0.05, 0.1) is 19.3 Å². The van der Waals surface area contributed by atoms with E-state index in [2.05, 4.69) is 15.9 Å². The van der Waals surface area contributed by atoms with E-state index in [-0.39, 0.29) is 12.7 Å². The number of aliphatic hydroxyl groups is 1. The average molecular weight is 419 g/mol. The third-order valence-corrected chi connectivity index (χ3v) is 5.43. The van der Waals surface area contributed by atoms with Gasteiger partial charge in [0, 0.05) is 43.4 Å². The molecule has 0 aromatic heterocycles. The Kier molecular flexibility index (Phi) is 6.77. The minimum atomic E-state index is -0.524. The van der Waals surface area contributed by atoms with Crippen molar-refractivity contribution >= 4 is 17.3 Å². The van der Waals surface area contributed by atoms with Crippen molar-refractivity contribution in [3.63, 3.8) is 0 Å². The van der Waals surface area contributed by atoms with Crippen LogP contribution < -0.4 is 14.4 Å². The number of fused-ring (bicyclic) bond motifs is 1. The molecule has 2 atom stereocenters. The highest BCUT2D eigenvalue weighted by Gasteiger charge is 2.22. The molecule has 7 heteroatoms. The lowest BCUT2D eigenvalue weighted by atomic mass is 10.2. The van der Waals surface area contributed by atoms with Crippen LogP contribution in [-0.2, 0) is 4.74 Å². The largest absolute Gasteiger partial charge is 0.486 e. The molecule has 29 heavy (non-hydrogen) atoms. The van der Waals surface area contributed by atoms with Crippen molar-refractivity contribution < 1.29 is 19.3 Å². The van der Waals surface area contributed by atoms with E-state index >= 15 is 0 Å². The van der Waals surface area contributed by atoms with Gasteiger partial charge in [0.15, 0.2) is 17.6 Å². The Labute approximate surface area is 176 Å². The fourth-order valence-electron chi connectivity index (χ4n) is 3.69. The smallest absolute Gasteiger partial charge is 0.161 e. The Morgan fingerprint density at radius 2 is 1.86 bits per heavy atom. The average Bonchev–Trinajstić information content (AvgIpc) is 2.74. The highest BCUT2D eigenvalue weighted by molar-refractivity contribution is 6.30. The zero-order valence-corrected chi connectivity index (χ0v) is 17.1. The van der Waals surface area contributed by atoms with Gasteiger partial charge in [-0.05, 0) is 30.3 Å². The number of ether oxygens (including phenoxy) is 3. The summed E-state index contributed by atoms with van der Waals surface area (Å²) in [5.74, 6) is 1.51. The molecule has 1 N–H and O–H groups in total. The van der Waals surface area contributed by atoms with Crippen LogP contribution in [-0.4, -0.2) is 74.8 Å². The molecule has 0 spiro atoms. The molecule has 4 rings (SSSR count). The molecule has 2 aliphatic rings. The molecule has 2 aromatic carbocycles. The number of rotatable bonds is 7. The number of hydrogen-bond acceptors (Lipinski definition) is 6. The number of benzene rings is 2. The summed E-state index contributed by atoms with van der Waals surface area (Å²) in [6.45, 7) is 5.39. The summed E-state index contributed by atoms with van der Waals surface area (Å²) in [7, 11) is 0. The molecule has 0 bridgehead atoms. The zero-order chi connectivity index (χ0) is 20.1. The molecule has 2 heterocycles. The van der Waals surface area contributed by atoms with Crippen molar-refractivity contribution in [3.8, 4) is 11.5 Å². The summed E-state index contributed by atoms with van der Waals surface area (Å²) in [5.41, 5.74) is 1.15. The second-order valence-corrected chi connectivity index (χ2v) is 7.89. The van der Waals surface area contributed by atoms with Crippen LogP contribution in [0.25, 0.3) is 0 Å². The zero-order valence-electron chi connectivity index (χ0n) is 16.4. The van der Waals surface area contributed by atoms with Gasteiger partial charge in [-0.15, -0.1) is 0 Å². The minimum Gasteiger partial charge on any atom is -0.486 e. The van der Waals surface area contributed by atoms with E-state index in [0.717, 1.165) is 48.4 Å². The predicted molar refractivity (Wildman–Crippen MR) is 113 cm³/mol. The highest BCUT2D eigenvalue weighted by Crippen LogP contribution is 2.30. The van der Waals surface area contributed by atoms with Gasteiger partial charge in [-0.2, -0.15) is 0 Å². The van der Waals surface area contributed by atoms with Gasteiger partial charge in [0.2, 0.25) is 0 Å². The van der Waals surface area contributed by atoms with Crippen molar-refractivity contribution in [2.24, 2.45) is 0 Å². The Morgan fingerprint density at radius 1 is 1.07 bits per heavy atom. The second-order valence-electron chi connectivity index (χ2n) is 7.46. The maximum Gasteiger partial charge on any atom is 0.161 e. The van der Waals surface area contributed by atoms with Crippen LogP contribution in [0.1, 0.15) is 0 Å². The molecule has 0 radical (unpaired) electrons. The van der Waals surface area contributed by atoms with Crippen molar-refractivity contribution in [2.75, 3.05) is 57.4 Å². The van der Waals surface area contributed by atoms with Crippen molar-refractivity contribution in [2.45, 2.75) is 12.2 Å². The second kappa shape index (κ2) is 9.67. The van der Waals surface area contributed by atoms with Gasteiger partial charge in [-0.3, -0.25) is 4.90 Å². The molecule has 0 aliphatic carbocycles. The van der Waals surface area contributed by atoms with Gasteiger partial charge in [-0.1, -0.05) is 29.8 Å². The third-order valence-electron chi connectivity index (χ3n) is 5.20. The van der Waals surface area contributed by atoms with Crippen molar-refractivity contribution in [1.82, 2.24) is 4.90 Å². The summed E-state index contributed by atoms with van der Waals surface area (Å²) in [6.07, 6.45) is -0.678. The number of aliphatic hydroxyl groups excluding tert-OH is 1. The molecule has 2 aliphatic heterocycles. The standard InChI is InChI=1S/C22H27ClN2O4/c23-17-4-3-5-18(12-17)25-10-8-24(9-11-25)13-19(26)14-27-15-20-16-28-21-6-1-2-7-22(21)29-20/h1-7,12,19-20,26H,8-11,13-16H2/t19-,20-/m0/s1. The summed E-state index contributed by atoms with van der Waals surface area (Å²) in [6, 6.07) is 15.6. The van der Waals surface area contributed by atoms with Crippen LogP contribution in [0.2, 0.25) is 5.02 Å². The van der Waals surface area contributed by atoms with Crippen molar-refractivity contribution in [3.05, 3.63) is 53.6 Å². The first-order valence-corrected chi connectivity index (χ1v) is 10.4. The third kappa shape index (κ3) is 5.54. The summed E-state index contributed by atoms with van der Waals surface area (Å²) in [5, 5.41) is 11.1. The topological polar surface area (TPSA) is 54.4 Å². The Morgan fingerprint density at radius 3 is 2.66 bits per heavy atom. The lowest BCUT2D eigenvalue weighted by molar-refractivity contribution is -0.0292. The van der Waals surface area contributed by atoms with Crippen molar-refractivity contribution in [1.29, 1.82) is 0 Å². The molecule has 1 saturated heterocycles. The maximum atomic E-state index is 10.3. The number of halogens is 1. The maximum absolute atomic E-state index is 10.3. The normalized spacial score (nSPS) is 20.5. The van der Waals surface area contributed by atoms with Crippen LogP contribution in [0, 0.1) is 0 Å². The summed E-state index contributed by atoms with van der Waals surface area (Å²) < 4.78 is 17.2. The molecule has 6 nitrogen and oxygen atoms in total. The first-order chi connectivity index (χ1) is 14.2. The molecule has 2 aromatic rings. The summed E-state index contributed by atoms with van der Waals surface area (Å²) >= 11 is 6.09. The molecule has 156 valence electrons. The quantitative estimate of drug-likeness (QED) is 0.746. The van der Waals surface area contributed by atoms with Gasteiger partial charge in [-0.25, -0.2) is 0 Å². The number of anilines is 1. The molecule has 0 amide bonds. The van der Waals surface area contributed by atoms with Gasteiger partial charge in [0.25, 0.3) is 0 Å². The fourth-order valence-corrected chi connectivity index (χ4v) is 3.88. The highest BCUT2D eigenvalue weighted by atomic mass is 35.5. The monoisotopic (exact) mass is 418 g/mol. The van der Waals surface area contributed by atoms with Crippen LogP contribution in [0.3, 0.4) is 0 Å². The number of nitrogens with zero attached hydrogens (tertiary/aromatic N) is 2.